The minimum absolute atomic E-state index is 0.110. The third kappa shape index (κ3) is 2.97. The summed E-state index contributed by atoms with van der Waals surface area (Å²) in [7, 11) is -2.93. The van der Waals surface area contributed by atoms with Gasteiger partial charge in [-0.15, -0.1) is 0 Å². The molecule has 0 bridgehead atoms. The second-order valence-corrected chi connectivity index (χ2v) is 7.70. The standard InChI is InChI=1S/C12H19N3O3S/c16-19(17)7-1-2-10(8-19)12-14-11(15-18-12)9-3-5-13-6-4-9/h9-10,13H,1-8H2. The molecule has 106 valence electrons. The second kappa shape index (κ2) is 5.20. The van der Waals surface area contributed by atoms with Gasteiger partial charge in [0.25, 0.3) is 0 Å². The lowest BCUT2D eigenvalue weighted by molar-refractivity contribution is 0.339. The van der Waals surface area contributed by atoms with Crippen molar-refractivity contribution in [2.75, 3.05) is 24.6 Å². The molecule has 1 N–H and O–H groups in total. The highest BCUT2D eigenvalue weighted by atomic mass is 32.2. The Kier molecular flexibility index (Phi) is 3.58. The van der Waals surface area contributed by atoms with E-state index in [2.05, 4.69) is 15.5 Å². The van der Waals surface area contributed by atoms with E-state index in [-0.39, 0.29) is 11.7 Å². The van der Waals surface area contributed by atoms with Crippen LogP contribution in [-0.2, 0) is 9.84 Å². The van der Waals surface area contributed by atoms with Gasteiger partial charge in [0.05, 0.1) is 17.4 Å². The fourth-order valence-electron chi connectivity index (χ4n) is 2.88. The highest BCUT2D eigenvalue weighted by molar-refractivity contribution is 7.91. The van der Waals surface area contributed by atoms with E-state index < -0.39 is 9.84 Å². The Morgan fingerprint density at radius 3 is 2.68 bits per heavy atom. The minimum atomic E-state index is -2.93. The second-order valence-electron chi connectivity index (χ2n) is 5.47. The third-order valence-electron chi connectivity index (χ3n) is 3.97. The Morgan fingerprint density at radius 2 is 1.95 bits per heavy atom. The highest BCUT2D eigenvalue weighted by Crippen LogP contribution is 2.29. The van der Waals surface area contributed by atoms with E-state index >= 15 is 0 Å². The maximum Gasteiger partial charge on any atom is 0.230 e. The van der Waals surface area contributed by atoms with Gasteiger partial charge in [-0.3, -0.25) is 0 Å². The summed E-state index contributed by atoms with van der Waals surface area (Å²) in [5, 5.41) is 7.35. The van der Waals surface area contributed by atoms with Gasteiger partial charge in [0.2, 0.25) is 5.89 Å². The lowest BCUT2D eigenvalue weighted by atomic mass is 9.97. The Labute approximate surface area is 112 Å². The molecule has 2 aliphatic heterocycles. The fourth-order valence-corrected chi connectivity index (χ4v) is 4.57. The molecule has 0 radical (unpaired) electrons. The van der Waals surface area contributed by atoms with Crippen LogP contribution in [0.5, 0.6) is 0 Å². The molecule has 1 aromatic heterocycles. The molecule has 6 nitrogen and oxygen atoms in total. The number of hydrogen-bond acceptors (Lipinski definition) is 6. The Morgan fingerprint density at radius 1 is 1.16 bits per heavy atom. The van der Waals surface area contributed by atoms with Gasteiger partial charge in [0, 0.05) is 5.92 Å². The van der Waals surface area contributed by atoms with E-state index in [0.717, 1.165) is 38.2 Å². The number of piperidine rings is 1. The van der Waals surface area contributed by atoms with Crippen LogP contribution in [0.4, 0.5) is 0 Å². The first kappa shape index (κ1) is 13.1. The van der Waals surface area contributed by atoms with Crippen molar-refractivity contribution in [2.24, 2.45) is 0 Å². The maximum atomic E-state index is 11.6. The zero-order valence-corrected chi connectivity index (χ0v) is 11.7. The van der Waals surface area contributed by atoms with Gasteiger partial charge >= 0.3 is 0 Å². The SMILES string of the molecule is O=S1(=O)CCCC(c2nc(C3CCNCC3)no2)C1. The fraction of sp³-hybridized carbons (Fsp3) is 0.833. The van der Waals surface area contributed by atoms with E-state index in [1.807, 2.05) is 0 Å². The largest absolute Gasteiger partial charge is 0.339 e. The quantitative estimate of drug-likeness (QED) is 0.866. The number of rotatable bonds is 2. The molecule has 0 aromatic carbocycles. The lowest BCUT2D eigenvalue weighted by Crippen LogP contribution is -2.27. The minimum Gasteiger partial charge on any atom is -0.339 e. The molecule has 2 aliphatic rings. The Hall–Kier alpha value is -0.950. The lowest BCUT2D eigenvalue weighted by Gasteiger charge is -2.19. The molecular formula is C12H19N3O3S. The molecule has 3 rings (SSSR count). The average Bonchev–Trinajstić information content (AvgIpc) is 2.88. The number of nitrogens with one attached hydrogen (secondary N) is 1. The molecular weight excluding hydrogens is 266 g/mol. The normalized spacial score (nSPS) is 28.3. The van der Waals surface area contributed by atoms with Crippen LogP contribution in [0.2, 0.25) is 0 Å². The van der Waals surface area contributed by atoms with Crippen molar-refractivity contribution in [1.82, 2.24) is 15.5 Å². The van der Waals surface area contributed by atoms with Crippen molar-refractivity contribution in [3.8, 4) is 0 Å². The molecule has 0 saturated carbocycles. The smallest absolute Gasteiger partial charge is 0.230 e. The first-order valence-electron chi connectivity index (χ1n) is 6.89. The third-order valence-corrected chi connectivity index (χ3v) is 5.79. The van der Waals surface area contributed by atoms with Crippen molar-refractivity contribution < 1.29 is 12.9 Å². The van der Waals surface area contributed by atoms with Crippen molar-refractivity contribution in [1.29, 1.82) is 0 Å². The first-order chi connectivity index (χ1) is 9.14. The molecule has 1 aromatic rings. The summed E-state index contributed by atoms with van der Waals surface area (Å²) in [6.45, 7) is 1.96. The van der Waals surface area contributed by atoms with Crippen LogP contribution < -0.4 is 5.32 Å². The predicted molar refractivity (Wildman–Crippen MR) is 69.8 cm³/mol. The van der Waals surface area contributed by atoms with Gasteiger partial charge in [0.1, 0.15) is 0 Å². The van der Waals surface area contributed by atoms with Gasteiger partial charge in [0.15, 0.2) is 15.7 Å². The summed E-state index contributed by atoms with van der Waals surface area (Å²) in [5.41, 5.74) is 0. The first-order valence-corrected chi connectivity index (χ1v) is 8.71. The van der Waals surface area contributed by atoms with E-state index in [4.69, 9.17) is 4.52 Å². The van der Waals surface area contributed by atoms with Gasteiger partial charge < -0.3 is 9.84 Å². The number of nitrogens with zero attached hydrogens (tertiary/aromatic N) is 2. The summed E-state index contributed by atoms with van der Waals surface area (Å²) >= 11 is 0. The summed E-state index contributed by atoms with van der Waals surface area (Å²) in [6, 6.07) is 0. The van der Waals surface area contributed by atoms with Crippen molar-refractivity contribution in [3.05, 3.63) is 11.7 Å². The molecule has 1 atom stereocenters. The van der Waals surface area contributed by atoms with E-state index in [1.165, 1.54) is 0 Å². The molecule has 0 spiro atoms. The van der Waals surface area contributed by atoms with E-state index in [9.17, 15) is 8.42 Å². The average molecular weight is 285 g/mol. The van der Waals surface area contributed by atoms with Crippen LogP contribution in [0.1, 0.15) is 49.2 Å². The molecule has 19 heavy (non-hydrogen) atoms. The molecule has 7 heteroatoms. The van der Waals surface area contributed by atoms with Crippen molar-refractivity contribution in [2.45, 2.75) is 37.5 Å². The molecule has 1 unspecified atom stereocenters. The van der Waals surface area contributed by atoms with E-state index in [1.54, 1.807) is 0 Å². The molecule has 2 saturated heterocycles. The maximum absolute atomic E-state index is 11.6. The topological polar surface area (TPSA) is 85.1 Å². The molecule has 3 heterocycles. The summed E-state index contributed by atoms with van der Waals surface area (Å²) in [4.78, 5) is 4.45. The van der Waals surface area contributed by atoms with Crippen molar-refractivity contribution in [3.63, 3.8) is 0 Å². The zero-order valence-electron chi connectivity index (χ0n) is 10.8. The van der Waals surface area contributed by atoms with Crippen LogP contribution in [0.15, 0.2) is 4.52 Å². The monoisotopic (exact) mass is 285 g/mol. The van der Waals surface area contributed by atoms with Gasteiger partial charge in [-0.1, -0.05) is 5.16 Å². The van der Waals surface area contributed by atoms with Gasteiger partial charge in [-0.2, -0.15) is 4.98 Å². The van der Waals surface area contributed by atoms with Crippen LogP contribution in [-0.4, -0.2) is 43.2 Å². The van der Waals surface area contributed by atoms with E-state index in [0.29, 0.717) is 24.0 Å². The molecule has 2 fully saturated rings. The van der Waals surface area contributed by atoms with Gasteiger partial charge in [-0.25, -0.2) is 8.42 Å². The van der Waals surface area contributed by atoms with Gasteiger partial charge in [-0.05, 0) is 38.8 Å². The van der Waals surface area contributed by atoms with Crippen LogP contribution >= 0.6 is 0 Å². The predicted octanol–water partition coefficient (Wildman–Crippen LogP) is 0.829. The number of hydrogen-bond donors (Lipinski definition) is 1. The summed E-state index contributed by atoms with van der Waals surface area (Å²) in [5.74, 6) is 1.94. The number of sulfone groups is 1. The van der Waals surface area contributed by atoms with Crippen LogP contribution in [0, 0.1) is 0 Å². The zero-order chi connectivity index (χ0) is 13.3. The van der Waals surface area contributed by atoms with Crippen LogP contribution in [0.3, 0.4) is 0 Å². The summed E-state index contributed by atoms with van der Waals surface area (Å²) < 4.78 is 28.6. The Bertz CT molecular complexity index is 534. The van der Waals surface area contributed by atoms with Crippen LogP contribution in [0.25, 0.3) is 0 Å². The van der Waals surface area contributed by atoms with Crippen molar-refractivity contribution >= 4 is 9.84 Å². The molecule has 0 amide bonds. The summed E-state index contributed by atoms with van der Waals surface area (Å²) in [6.07, 6.45) is 3.55. The number of aromatic nitrogens is 2. The molecule has 0 aliphatic carbocycles. The highest BCUT2D eigenvalue weighted by Gasteiger charge is 2.31. The Balaban J connectivity index is 1.73.